The van der Waals surface area contributed by atoms with Crippen molar-refractivity contribution >= 4 is 36.4 Å². The number of halogens is 2. The molecule has 0 bridgehead atoms. The minimum atomic E-state index is -0.107. The molecule has 0 saturated heterocycles. The number of rotatable bonds is 4. The zero-order valence-electron chi connectivity index (χ0n) is 11.9. The van der Waals surface area contributed by atoms with Crippen LogP contribution in [0.2, 0.25) is 0 Å². The Labute approximate surface area is 136 Å². The maximum atomic E-state index is 12.2. The van der Waals surface area contributed by atoms with E-state index in [1.54, 1.807) is 23.0 Å². The first-order valence-corrected chi connectivity index (χ1v) is 6.20. The van der Waals surface area contributed by atoms with Crippen molar-refractivity contribution in [1.82, 2.24) is 15.1 Å². The molecule has 7 heteroatoms. The molecular formula is C14H20Cl2N4O. The molecule has 0 fully saturated rings. The second-order valence-corrected chi connectivity index (χ2v) is 4.68. The summed E-state index contributed by atoms with van der Waals surface area (Å²) in [5.41, 5.74) is 7.84. The van der Waals surface area contributed by atoms with Crippen LogP contribution in [0.25, 0.3) is 0 Å². The number of amides is 1. The smallest absolute Gasteiger partial charge is 0.251 e. The van der Waals surface area contributed by atoms with Gasteiger partial charge in [-0.15, -0.1) is 24.8 Å². The number of nitrogens with two attached hydrogens (primary N) is 1. The Morgan fingerprint density at radius 2 is 2.14 bits per heavy atom. The summed E-state index contributed by atoms with van der Waals surface area (Å²) < 4.78 is 1.79. The topological polar surface area (TPSA) is 72.9 Å². The highest BCUT2D eigenvalue weighted by Crippen LogP contribution is 2.12. The lowest BCUT2D eigenvalue weighted by Crippen LogP contribution is -2.36. The van der Waals surface area contributed by atoms with Gasteiger partial charge in [-0.05, 0) is 37.6 Å². The molecule has 0 aliphatic carbocycles. The first-order chi connectivity index (χ1) is 9.06. The van der Waals surface area contributed by atoms with Gasteiger partial charge in [0.2, 0.25) is 0 Å². The Bertz CT molecular complexity index is 572. The van der Waals surface area contributed by atoms with Crippen LogP contribution in [0.3, 0.4) is 0 Å². The third-order valence-corrected chi connectivity index (χ3v) is 2.90. The molecule has 1 amide bonds. The Morgan fingerprint density at radius 1 is 1.43 bits per heavy atom. The van der Waals surface area contributed by atoms with Crippen LogP contribution < -0.4 is 11.1 Å². The van der Waals surface area contributed by atoms with E-state index in [-0.39, 0.29) is 36.8 Å². The molecule has 0 aliphatic heterocycles. The van der Waals surface area contributed by atoms with Gasteiger partial charge in [-0.1, -0.05) is 6.07 Å². The summed E-state index contributed by atoms with van der Waals surface area (Å²) in [7, 11) is 0. The van der Waals surface area contributed by atoms with Gasteiger partial charge in [0.25, 0.3) is 5.91 Å². The lowest BCUT2D eigenvalue weighted by molar-refractivity contribution is 0.0935. The predicted molar refractivity (Wildman–Crippen MR) is 89.2 cm³/mol. The summed E-state index contributed by atoms with van der Waals surface area (Å²) in [5, 5.41) is 7.06. The van der Waals surface area contributed by atoms with Gasteiger partial charge in [-0.3, -0.25) is 9.48 Å². The molecule has 1 heterocycles. The fraction of sp³-hybridized carbons (Fsp3) is 0.286. The van der Waals surface area contributed by atoms with Crippen molar-refractivity contribution in [3.8, 4) is 0 Å². The summed E-state index contributed by atoms with van der Waals surface area (Å²) in [6.45, 7) is 4.48. The monoisotopic (exact) mass is 330 g/mol. The van der Waals surface area contributed by atoms with Gasteiger partial charge in [0, 0.05) is 29.7 Å². The van der Waals surface area contributed by atoms with Gasteiger partial charge in [-0.2, -0.15) is 5.10 Å². The predicted octanol–water partition coefficient (Wildman–Crippen LogP) is 2.44. The highest BCUT2D eigenvalue weighted by molar-refractivity contribution is 5.96. The third-order valence-electron chi connectivity index (χ3n) is 2.90. The van der Waals surface area contributed by atoms with Crippen LogP contribution in [-0.4, -0.2) is 21.7 Å². The highest BCUT2D eigenvalue weighted by Gasteiger charge is 2.12. The normalized spacial score (nSPS) is 11.0. The Kier molecular flexibility index (Phi) is 7.84. The fourth-order valence-electron chi connectivity index (χ4n) is 1.92. The maximum absolute atomic E-state index is 12.2. The van der Waals surface area contributed by atoms with E-state index in [0.717, 1.165) is 5.56 Å². The summed E-state index contributed by atoms with van der Waals surface area (Å²) in [4.78, 5) is 12.2. The first-order valence-electron chi connectivity index (χ1n) is 6.20. The van der Waals surface area contributed by atoms with E-state index >= 15 is 0 Å². The minimum absolute atomic E-state index is 0. The van der Waals surface area contributed by atoms with Crippen molar-refractivity contribution in [3.05, 3.63) is 47.8 Å². The molecule has 0 aliphatic rings. The molecule has 1 aromatic carbocycles. The Morgan fingerprint density at radius 3 is 2.76 bits per heavy atom. The number of nitrogens with one attached hydrogen (secondary N) is 1. The van der Waals surface area contributed by atoms with Crippen LogP contribution in [0.15, 0.2) is 36.7 Å². The van der Waals surface area contributed by atoms with Gasteiger partial charge < -0.3 is 11.1 Å². The number of anilines is 1. The summed E-state index contributed by atoms with van der Waals surface area (Å²) >= 11 is 0. The third kappa shape index (κ3) is 5.28. The van der Waals surface area contributed by atoms with Crippen molar-refractivity contribution < 1.29 is 4.79 Å². The van der Waals surface area contributed by atoms with Crippen molar-refractivity contribution in [2.75, 3.05) is 5.73 Å². The quantitative estimate of drug-likeness (QED) is 0.845. The molecule has 1 unspecified atom stereocenters. The Balaban J connectivity index is 0.00000200. The largest absolute Gasteiger partial charge is 0.399 e. The standard InChI is InChI=1S/C14H18N4O.2ClH/c1-10-4-5-12(15)8-13(10)14(19)17-11(2)9-18-7-3-6-16-18;;/h3-8,11H,9,15H2,1-2H3,(H,17,19);2*1H. The molecule has 1 atom stereocenters. The molecule has 0 saturated carbocycles. The summed E-state index contributed by atoms with van der Waals surface area (Å²) in [6, 6.07) is 7.19. The number of aryl methyl sites for hydroxylation is 1. The van der Waals surface area contributed by atoms with E-state index in [0.29, 0.717) is 17.8 Å². The number of carbonyl (C=O) groups excluding carboxylic acids is 1. The van der Waals surface area contributed by atoms with Crippen LogP contribution in [0.4, 0.5) is 5.69 Å². The zero-order chi connectivity index (χ0) is 13.8. The van der Waals surface area contributed by atoms with E-state index in [1.165, 1.54) is 0 Å². The molecule has 1 aromatic heterocycles. The van der Waals surface area contributed by atoms with Gasteiger partial charge in [0.1, 0.15) is 0 Å². The van der Waals surface area contributed by atoms with Crippen molar-refractivity contribution in [2.24, 2.45) is 0 Å². The number of hydrogen-bond acceptors (Lipinski definition) is 3. The number of hydrogen-bond donors (Lipinski definition) is 2. The maximum Gasteiger partial charge on any atom is 0.251 e. The lowest BCUT2D eigenvalue weighted by atomic mass is 10.1. The molecular weight excluding hydrogens is 311 g/mol. The van der Waals surface area contributed by atoms with Gasteiger partial charge >= 0.3 is 0 Å². The lowest BCUT2D eigenvalue weighted by Gasteiger charge is -2.15. The second kappa shape index (κ2) is 8.54. The van der Waals surface area contributed by atoms with E-state index in [9.17, 15) is 4.79 Å². The summed E-state index contributed by atoms with van der Waals surface area (Å²) in [6.07, 6.45) is 3.59. The summed E-state index contributed by atoms with van der Waals surface area (Å²) in [5.74, 6) is -0.107. The number of carbonyl (C=O) groups is 1. The van der Waals surface area contributed by atoms with Crippen LogP contribution >= 0.6 is 24.8 Å². The molecule has 2 rings (SSSR count). The van der Waals surface area contributed by atoms with E-state index in [1.807, 2.05) is 32.2 Å². The van der Waals surface area contributed by atoms with E-state index in [4.69, 9.17) is 5.73 Å². The highest BCUT2D eigenvalue weighted by atomic mass is 35.5. The molecule has 2 aromatic rings. The van der Waals surface area contributed by atoms with Crippen LogP contribution in [0.1, 0.15) is 22.8 Å². The SMILES string of the molecule is Cc1ccc(N)cc1C(=O)NC(C)Cn1cccn1.Cl.Cl. The molecule has 0 radical (unpaired) electrons. The van der Waals surface area contributed by atoms with Crippen molar-refractivity contribution in [3.63, 3.8) is 0 Å². The second-order valence-electron chi connectivity index (χ2n) is 4.68. The molecule has 5 nitrogen and oxygen atoms in total. The average Bonchev–Trinajstić information content (AvgIpc) is 2.84. The van der Waals surface area contributed by atoms with Crippen LogP contribution in [0, 0.1) is 6.92 Å². The van der Waals surface area contributed by atoms with Crippen molar-refractivity contribution in [2.45, 2.75) is 26.4 Å². The molecule has 116 valence electrons. The molecule has 3 N–H and O–H groups in total. The van der Waals surface area contributed by atoms with Crippen LogP contribution in [-0.2, 0) is 6.54 Å². The van der Waals surface area contributed by atoms with E-state index in [2.05, 4.69) is 10.4 Å². The van der Waals surface area contributed by atoms with Crippen molar-refractivity contribution in [1.29, 1.82) is 0 Å². The number of nitrogen functional groups attached to an aromatic ring is 1. The molecule has 21 heavy (non-hydrogen) atoms. The average molecular weight is 331 g/mol. The first kappa shape index (κ1) is 19.3. The van der Waals surface area contributed by atoms with Crippen LogP contribution in [0.5, 0.6) is 0 Å². The zero-order valence-corrected chi connectivity index (χ0v) is 13.6. The van der Waals surface area contributed by atoms with Gasteiger partial charge in [-0.25, -0.2) is 0 Å². The number of nitrogens with zero attached hydrogens (tertiary/aromatic N) is 2. The number of aromatic nitrogens is 2. The van der Waals surface area contributed by atoms with Gasteiger partial charge in [0.05, 0.1) is 6.54 Å². The van der Waals surface area contributed by atoms with E-state index < -0.39 is 0 Å². The fourth-order valence-corrected chi connectivity index (χ4v) is 1.92. The van der Waals surface area contributed by atoms with Gasteiger partial charge in [0.15, 0.2) is 0 Å². The number of benzene rings is 1. The molecule has 0 spiro atoms. The minimum Gasteiger partial charge on any atom is -0.399 e. The Hall–Kier alpha value is -1.72.